The summed E-state index contributed by atoms with van der Waals surface area (Å²) in [4.78, 5) is -0.496. The first-order valence-electron chi connectivity index (χ1n) is 9.29. The van der Waals surface area contributed by atoms with Crippen molar-refractivity contribution in [3.05, 3.63) is 78.4 Å². The highest BCUT2D eigenvalue weighted by Crippen LogP contribution is 2.41. The first-order valence-corrected chi connectivity index (χ1v) is 11.9. The summed E-state index contributed by atoms with van der Waals surface area (Å²) in [7, 11) is -6.99. The topological polar surface area (TPSA) is 63.2 Å². The van der Waals surface area contributed by atoms with Gasteiger partial charge in [-0.3, -0.25) is 0 Å². The van der Waals surface area contributed by atoms with Crippen LogP contribution in [0.5, 0.6) is 0 Å². The molecule has 1 N–H and O–H groups in total. The lowest BCUT2D eigenvalue weighted by atomic mass is 10.0. The maximum atomic E-state index is 15.6. The largest absolute Gasteiger partial charge is 0.369 e. The molecule has 0 aromatic heterocycles. The van der Waals surface area contributed by atoms with E-state index in [9.17, 15) is 12.6 Å². The molecule has 0 amide bonds. The van der Waals surface area contributed by atoms with Crippen molar-refractivity contribution in [2.45, 2.75) is 41.7 Å². The zero-order valence-electron chi connectivity index (χ0n) is 16.8. The van der Waals surface area contributed by atoms with Crippen LogP contribution >= 0.6 is 0 Å². The summed E-state index contributed by atoms with van der Waals surface area (Å²) in [6.07, 6.45) is 0. The Morgan fingerprint density at radius 1 is 0.867 bits per heavy atom. The van der Waals surface area contributed by atoms with E-state index in [1.165, 1.54) is 24.3 Å². The van der Waals surface area contributed by atoms with Gasteiger partial charge in [-0.25, -0.2) is 17.3 Å². The van der Waals surface area contributed by atoms with Gasteiger partial charge in [0.2, 0.25) is 9.84 Å². The van der Waals surface area contributed by atoms with Crippen LogP contribution in [-0.4, -0.2) is 22.6 Å². The predicted molar refractivity (Wildman–Crippen MR) is 116 cm³/mol. The van der Waals surface area contributed by atoms with Crippen molar-refractivity contribution in [2.75, 3.05) is 0 Å². The summed E-state index contributed by atoms with van der Waals surface area (Å²) in [5.41, 5.74) is 0.0378. The number of rotatable bonds is 6. The minimum absolute atomic E-state index is 0.0378. The Morgan fingerprint density at radius 3 is 2.03 bits per heavy atom. The second kappa shape index (κ2) is 8.17. The highest BCUT2D eigenvalue weighted by Gasteiger charge is 2.54. The van der Waals surface area contributed by atoms with Crippen LogP contribution in [0.25, 0.3) is 10.8 Å². The molecule has 0 spiro atoms. The molecule has 0 radical (unpaired) electrons. The van der Waals surface area contributed by atoms with Crippen molar-refractivity contribution >= 4 is 31.6 Å². The lowest BCUT2D eigenvalue weighted by Crippen LogP contribution is -2.47. The Morgan fingerprint density at radius 2 is 1.43 bits per heavy atom. The quantitative estimate of drug-likeness (QED) is 0.574. The smallest absolute Gasteiger partial charge is 0.242 e. The molecule has 2 atom stereocenters. The van der Waals surface area contributed by atoms with Gasteiger partial charge in [-0.2, -0.15) is 8.78 Å². The number of halogens is 2. The molecule has 3 aromatic carbocycles. The van der Waals surface area contributed by atoms with Crippen molar-refractivity contribution in [3.8, 4) is 0 Å². The van der Waals surface area contributed by atoms with Gasteiger partial charge in [0, 0.05) is 0 Å². The molecule has 8 heteroatoms. The minimum atomic E-state index is -5.06. The Balaban J connectivity index is 2.16. The zero-order valence-corrected chi connectivity index (χ0v) is 18.4. The third-order valence-electron chi connectivity index (χ3n) is 4.64. The number of alkyl halides is 2. The zero-order chi connectivity index (χ0) is 22.2. The summed E-state index contributed by atoms with van der Waals surface area (Å²) in [6, 6.07) is 16.3. The van der Waals surface area contributed by atoms with Gasteiger partial charge >= 0.3 is 5.25 Å². The average molecular weight is 452 g/mol. The third kappa shape index (κ3) is 4.31. The molecule has 0 fully saturated rings. The summed E-state index contributed by atoms with van der Waals surface area (Å²) in [5, 5.41) is -2.75. The van der Waals surface area contributed by atoms with E-state index in [1.807, 2.05) is 12.1 Å². The van der Waals surface area contributed by atoms with Crippen molar-refractivity contribution in [1.82, 2.24) is 4.72 Å². The van der Waals surface area contributed by atoms with E-state index in [0.29, 0.717) is 5.39 Å². The van der Waals surface area contributed by atoms with Gasteiger partial charge in [0.1, 0.15) is 6.04 Å². The Hall–Kier alpha value is -2.16. The van der Waals surface area contributed by atoms with E-state index in [2.05, 4.69) is 4.72 Å². The maximum Gasteiger partial charge on any atom is 0.369 e. The molecule has 0 saturated heterocycles. The fourth-order valence-corrected chi connectivity index (χ4v) is 5.18. The molecule has 0 aliphatic carbocycles. The first kappa shape index (κ1) is 22.5. The van der Waals surface area contributed by atoms with Gasteiger partial charge in [-0.1, -0.05) is 54.6 Å². The maximum absolute atomic E-state index is 15.6. The highest BCUT2D eigenvalue weighted by molar-refractivity contribution is 7.92. The second-order valence-corrected chi connectivity index (χ2v) is 11.9. The van der Waals surface area contributed by atoms with Crippen LogP contribution in [0, 0.1) is 0 Å². The summed E-state index contributed by atoms with van der Waals surface area (Å²) < 4.78 is 71.2. The van der Waals surface area contributed by atoms with Gasteiger partial charge in [0.15, 0.2) is 0 Å². The van der Waals surface area contributed by atoms with Crippen LogP contribution in [0.15, 0.2) is 77.7 Å². The van der Waals surface area contributed by atoms with Gasteiger partial charge in [0.05, 0.1) is 20.6 Å². The molecule has 160 valence electrons. The van der Waals surface area contributed by atoms with E-state index >= 15 is 8.78 Å². The van der Waals surface area contributed by atoms with E-state index in [1.54, 1.807) is 45.0 Å². The predicted octanol–water partition coefficient (Wildman–Crippen LogP) is 5.00. The minimum Gasteiger partial charge on any atom is -0.242 e. The summed E-state index contributed by atoms with van der Waals surface area (Å²) in [5.74, 6) is 0. The SMILES string of the molecule is CC(C)(C)S(=O)N[C@@H](c1ccc2ccccc2c1)C(F)(F)S(=O)(=O)c1ccccc1. The fourth-order valence-electron chi connectivity index (χ4n) is 2.91. The Bertz CT molecular complexity index is 1170. The molecule has 3 rings (SSSR count). The van der Waals surface area contributed by atoms with E-state index in [-0.39, 0.29) is 5.56 Å². The van der Waals surface area contributed by atoms with E-state index in [4.69, 9.17) is 0 Å². The number of benzene rings is 3. The molecule has 30 heavy (non-hydrogen) atoms. The average Bonchev–Trinajstić information content (AvgIpc) is 2.71. The van der Waals surface area contributed by atoms with Crippen LogP contribution in [0.4, 0.5) is 8.78 Å². The molecule has 0 aliphatic heterocycles. The van der Waals surface area contributed by atoms with E-state index < -0.39 is 41.8 Å². The van der Waals surface area contributed by atoms with Crippen molar-refractivity contribution in [1.29, 1.82) is 0 Å². The fraction of sp³-hybridized carbons (Fsp3) is 0.273. The van der Waals surface area contributed by atoms with Crippen LogP contribution in [0.1, 0.15) is 32.4 Å². The van der Waals surface area contributed by atoms with Crippen LogP contribution in [0.2, 0.25) is 0 Å². The molecule has 0 aliphatic rings. The Labute approximate surface area is 177 Å². The van der Waals surface area contributed by atoms with Crippen molar-refractivity contribution in [3.63, 3.8) is 0 Å². The van der Waals surface area contributed by atoms with Crippen molar-refractivity contribution < 1.29 is 21.4 Å². The first-order chi connectivity index (χ1) is 13.9. The van der Waals surface area contributed by atoms with Crippen LogP contribution in [0.3, 0.4) is 0 Å². The third-order valence-corrected chi connectivity index (χ3v) is 8.04. The van der Waals surface area contributed by atoms with Crippen LogP contribution < -0.4 is 4.72 Å². The lowest BCUT2D eigenvalue weighted by Gasteiger charge is -2.30. The van der Waals surface area contributed by atoms with Gasteiger partial charge < -0.3 is 0 Å². The normalized spacial score (nSPS) is 15.1. The molecule has 0 bridgehead atoms. The lowest BCUT2D eigenvalue weighted by molar-refractivity contribution is 0.0559. The molecule has 4 nitrogen and oxygen atoms in total. The number of hydrogen-bond acceptors (Lipinski definition) is 3. The molecule has 1 unspecified atom stereocenters. The summed E-state index contributed by atoms with van der Waals surface area (Å²) in [6.45, 7) is 4.87. The molecular weight excluding hydrogens is 428 g/mol. The standard InChI is InChI=1S/C22H23F2NO3S2/c1-21(2,3)29(26)25-20(18-14-13-16-9-7-8-10-17(16)15-18)22(23,24)30(27,28)19-11-5-4-6-12-19/h4-15,20,25H,1-3H3/t20-,29?/m0/s1. The number of sulfone groups is 1. The molecule has 0 heterocycles. The number of hydrogen-bond donors (Lipinski definition) is 1. The highest BCUT2D eigenvalue weighted by atomic mass is 32.2. The van der Waals surface area contributed by atoms with Gasteiger partial charge in [0.25, 0.3) is 0 Å². The van der Waals surface area contributed by atoms with E-state index in [0.717, 1.165) is 17.5 Å². The molecule has 0 saturated carbocycles. The molecular formula is C22H23F2NO3S2. The Kier molecular flexibility index (Phi) is 6.13. The second-order valence-electron chi connectivity index (χ2n) is 7.92. The monoisotopic (exact) mass is 451 g/mol. The van der Waals surface area contributed by atoms with Gasteiger partial charge in [-0.15, -0.1) is 0 Å². The van der Waals surface area contributed by atoms with Crippen molar-refractivity contribution in [2.24, 2.45) is 0 Å². The summed E-state index contributed by atoms with van der Waals surface area (Å²) >= 11 is 0. The number of fused-ring (bicyclic) bond motifs is 1. The molecule has 3 aromatic rings. The van der Waals surface area contributed by atoms with Crippen LogP contribution in [-0.2, 0) is 20.8 Å². The van der Waals surface area contributed by atoms with Gasteiger partial charge in [-0.05, 0) is 55.3 Å². The number of nitrogens with one attached hydrogen (secondary N) is 1.